The fraction of sp³-hybridized carbons (Fsp3) is 0.188. The van der Waals surface area contributed by atoms with Gasteiger partial charge in [0, 0.05) is 6.07 Å². The van der Waals surface area contributed by atoms with Gasteiger partial charge in [0.1, 0.15) is 17.2 Å². The number of carbonyl (C=O) groups is 1. The zero-order valence-electron chi connectivity index (χ0n) is 12.2. The van der Waals surface area contributed by atoms with Gasteiger partial charge in [-0.1, -0.05) is 19.9 Å². The van der Waals surface area contributed by atoms with Crippen molar-refractivity contribution in [3.63, 3.8) is 0 Å². The lowest BCUT2D eigenvalue weighted by Gasteiger charge is -2.09. The first-order valence-corrected chi connectivity index (χ1v) is 6.69. The number of nitrogens with zero attached hydrogens (tertiary/aromatic N) is 2. The van der Waals surface area contributed by atoms with E-state index in [9.17, 15) is 15.0 Å². The van der Waals surface area contributed by atoms with E-state index in [1.165, 1.54) is 24.3 Å². The zero-order chi connectivity index (χ0) is 16.3. The lowest BCUT2D eigenvalue weighted by atomic mass is 9.99. The number of hydrogen-bond donors (Lipinski definition) is 3. The van der Waals surface area contributed by atoms with Gasteiger partial charge in [0.15, 0.2) is 0 Å². The van der Waals surface area contributed by atoms with Crippen LogP contribution in [0.5, 0.6) is 11.5 Å². The highest BCUT2D eigenvalue weighted by molar-refractivity contribution is 5.89. The molecule has 0 spiro atoms. The fourth-order valence-electron chi connectivity index (χ4n) is 1.96. The van der Waals surface area contributed by atoms with Crippen molar-refractivity contribution in [1.29, 1.82) is 0 Å². The Morgan fingerprint density at radius 3 is 2.27 bits per heavy atom. The third-order valence-electron chi connectivity index (χ3n) is 3.12. The second kappa shape index (κ2) is 6.26. The average Bonchev–Trinajstić information content (AvgIpc) is 2.45. The standard InChI is InChI=1S/C16H16N2O4/c1-9(2)12-5-3-10(16(21)22)7-14(12)18-17-13-6-4-11(19)8-15(13)20/h3-9,19-20H,1-2H3,(H,21,22). The van der Waals surface area contributed by atoms with Crippen LogP contribution in [0.3, 0.4) is 0 Å². The highest BCUT2D eigenvalue weighted by atomic mass is 16.4. The van der Waals surface area contributed by atoms with Gasteiger partial charge in [-0.2, -0.15) is 5.11 Å². The van der Waals surface area contributed by atoms with E-state index in [2.05, 4.69) is 10.2 Å². The first-order valence-electron chi connectivity index (χ1n) is 6.69. The van der Waals surface area contributed by atoms with Crippen LogP contribution in [-0.2, 0) is 0 Å². The predicted molar refractivity (Wildman–Crippen MR) is 81.4 cm³/mol. The van der Waals surface area contributed by atoms with E-state index in [1.54, 1.807) is 6.07 Å². The third kappa shape index (κ3) is 3.41. The molecule has 0 saturated carbocycles. The lowest BCUT2D eigenvalue weighted by Crippen LogP contribution is -1.97. The van der Waals surface area contributed by atoms with Gasteiger partial charge in [0.2, 0.25) is 0 Å². The Morgan fingerprint density at radius 1 is 1.00 bits per heavy atom. The number of carboxylic acids is 1. The molecule has 0 atom stereocenters. The molecule has 0 aliphatic rings. The average molecular weight is 300 g/mol. The number of phenolic OH excluding ortho intramolecular Hbond substituents is 2. The van der Waals surface area contributed by atoms with Gasteiger partial charge in [-0.15, -0.1) is 5.11 Å². The quantitative estimate of drug-likeness (QED) is 0.731. The topological polar surface area (TPSA) is 102 Å². The molecule has 0 aliphatic carbocycles. The van der Waals surface area contributed by atoms with Gasteiger partial charge in [0.05, 0.1) is 11.3 Å². The second-order valence-corrected chi connectivity index (χ2v) is 5.11. The molecule has 0 heterocycles. The van der Waals surface area contributed by atoms with Gasteiger partial charge < -0.3 is 15.3 Å². The SMILES string of the molecule is CC(C)c1ccc(C(=O)O)cc1N=Nc1ccc(O)cc1O. The van der Waals surface area contributed by atoms with Crippen molar-refractivity contribution >= 4 is 17.3 Å². The Labute approximate surface area is 127 Å². The molecule has 0 aromatic heterocycles. The number of aromatic hydroxyl groups is 2. The minimum Gasteiger partial charge on any atom is -0.508 e. The van der Waals surface area contributed by atoms with E-state index in [1.807, 2.05) is 13.8 Å². The molecule has 0 aliphatic heterocycles. The molecule has 22 heavy (non-hydrogen) atoms. The predicted octanol–water partition coefficient (Wildman–Crippen LogP) is 4.33. The summed E-state index contributed by atoms with van der Waals surface area (Å²) in [7, 11) is 0. The summed E-state index contributed by atoms with van der Waals surface area (Å²) in [6, 6.07) is 8.63. The largest absolute Gasteiger partial charge is 0.508 e. The highest BCUT2D eigenvalue weighted by Gasteiger charge is 2.11. The fourth-order valence-corrected chi connectivity index (χ4v) is 1.96. The van der Waals surface area contributed by atoms with Crippen LogP contribution in [0.2, 0.25) is 0 Å². The van der Waals surface area contributed by atoms with Crippen LogP contribution in [-0.4, -0.2) is 21.3 Å². The molecule has 3 N–H and O–H groups in total. The number of benzene rings is 2. The van der Waals surface area contributed by atoms with Crippen molar-refractivity contribution in [2.45, 2.75) is 19.8 Å². The van der Waals surface area contributed by atoms with Gasteiger partial charge in [0.25, 0.3) is 0 Å². The van der Waals surface area contributed by atoms with E-state index >= 15 is 0 Å². The maximum atomic E-state index is 11.1. The van der Waals surface area contributed by atoms with Gasteiger partial charge >= 0.3 is 5.97 Å². The molecule has 2 rings (SSSR count). The van der Waals surface area contributed by atoms with Crippen molar-refractivity contribution in [2.75, 3.05) is 0 Å². The molecule has 0 radical (unpaired) electrons. The van der Waals surface area contributed by atoms with Gasteiger partial charge in [-0.3, -0.25) is 0 Å². The summed E-state index contributed by atoms with van der Waals surface area (Å²) in [5.74, 6) is -1.18. The van der Waals surface area contributed by atoms with Crippen molar-refractivity contribution in [1.82, 2.24) is 0 Å². The Morgan fingerprint density at radius 2 is 1.68 bits per heavy atom. The van der Waals surface area contributed by atoms with Crippen molar-refractivity contribution in [3.05, 3.63) is 47.5 Å². The molecule has 0 unspecified atom stereocenters. The number of aromatic carboxylic acids is 1. The van der Waals surface area contributed by atoms with Crippen LogP contribution < -0.4 is 0 Å². The Kier molecular flexibility index (Phi) is 4.41. The number of azo groups is 1. The van der Waals surface area contributed by atoms with Crippen LogP contribution in [0.4, 0.5) is 11.4 Å². The molecule has 0 amide bonds. The van der Waals surface area contributed by atoms with E-state index in [-0.39, 0.29) is 28.7 Å². The maximum Gasteiger partial charge on any atom is 0.335 e. The van der Waals surface area contributed by atoms with E-state index in [0.29, 0.717) is 5.69 Å². The highest BCUT2D eigenvalue weighted by Crippen LogP contribution is 2.33. The maximum absolute atomic E-state index is 11.1. The summed E-state index contributed by atoms with van der Waals surface area (Å²) in [6.45, 7) is 3.93. The van der Waals surface area contributed by atoms with Crippen LogP contribution >= 0.6 is 0 Å². The van der Waals surface area contributed by atoms with E-state index in [4.69, 9.17) is 5.11 Å². The van der Waals surface area contributed by atoms with E-state index < -0.39 is 5.97 Å². The minimum absolute atomic E-state index is 0.0767. The molecule has 114 valence electrons. The van der Waals surface area contributed by atoms with Crippen LogP contribution in [0, 0.1) is 0 Å². The van der Waals surface area contributed by atoms with Crippen LogP contribution in [0.25, 0.3) is 0 Å². The van der Waals surface area contributed by atoms with Gasteiger partial charge in [-0.25, -0.2) is 4.79 Å². The zero-order valence-corrected chi connectivity index (χ0v) is 12.2. The summed E-state index contributed by atoms with van der Waals surface area (Å²) in [5.41, 5.74) is 1.59. The molecule has 0 saturated heterocycles. The van der Waals surface area contributed by atoms with Crippen LogP contribution in [0.15, 0.2) is 46.6 Å². The van der Waals surface area contributed by atoms with Crippen molar-refractivity contribution in [2.24, 2.45) is 10.2 Å². The monoisotopic (exact) mass is 300 g/mol. The molecular weight excluding hydrogens is 284 g/mol. The first kappa shape index (κ1) is 15.5. The summed E-state index contributed by atoms with van der Waals surface area (Å²) in [6.07, 6.45) is 0. The van der Waals surface area contributed by atoms with Crippen molar-refractivity contribution in [3.8, 4) is 11.5 Å². The first-order chi connectivity index (χ1) is 10.4. The Balaban J connectivity index is 2.44. The molecular formula is C16H16N2O4. The van der Waals surface area contributed by atoms with Crippen molar-refractivity contribution < 1.29 is 20.1 Å². The summed E-state index contributed by atoms with van der Waals surface area (Å²) < 4.78 is 0. The Hall–Kier alpha value is -2.89. The molecule has 0 fully saturated rings. The Bertz CT molecular complexity index is 739. The molecule has 2 aromatic carbocycles. The molecule has 2 aromatic rings. The number of phenols is 2. The normalized spacial score (nSPS) is 11.2. The smallest absolute Gasteiger partial charge is 0.335 e. The molecule has 6 nitrogen and oxygen atoms in total. The summed E-state index contributed by atoms with van der Waals surface area (Å²) in [5, 5.41) is 36.0. The minimum atomic E-state index is -1.04. The number of hydrogen-bond acceptors (Lipinski definition) is 5. The second-order valence-electron chi connectivity index (χ2n) is 5.11. The molecule has 6 heteroatoms. The van der Waals surface area contributed by atoms with Crippen LogP contribution in [0.1, 0.15) is 35.7 Å². The summed E-state index contributed by atoms with van der Waals surface area (Å²) in [4.78, 5) is 11.1. The third-order valence-corrected chi connectivity index (χ3v) is 3.12. The lowest BCUT2D eigenvalue weighted by molar-refractivity contribution is 0.0697. The molecule has 0 bridgehead atoms. The number of carboxylic acid groups (broad SMARTS) is 1. The van der Waals surface area contributed by atoms with E-state index in [0.717, 1.165) is 11.6 Å². The number of rotatable bonds is 4. The van der Waals surface area contributed by atoms with Gasteiger partial charge in [-0.05, 0) is 35.7 Å². The summed E-state index contributed by atoms with van der Waals surface area (Å²) >= 11 is 0.